The van der Waals surface area contributed by atoms with Crippen LogP contribution in [-0.2, 0) is 11.2 Å². The molecule has 0 bridgehead atoms. The van der Waals surface area contributed by atoms with Gasteiger partial charge in [0.1, 0.15) is 0 Å². The highest BCUT2D eigenvalue weighted by atomic mass is 16.5. The molecule has 0 aliphatic carbocycles. The Kier molecular flexibility index (Phi) is 8.77. The van der Waals surface area contributed by atoms with Gasteiger partial charge in [-0.25, -0.2) is 19.7 Å². The van der Waals surface area contributed by atoms with Gasteiger partial charge in [-0.3, -0.25) is 0 Å². The molecule has 8 nitrogen and oxygen atoms in total. The van der Waals surface area contributed by atoms with Crippen molar-refractivity contribution in [1.82, 2.24) is 5.32 Å². The quantitative estimate of drug-likeness (QED) is 0.592. The van der Waals surface area contributed by atoms with Gasteiger partial charge >= 0.3 is 18.2 Å². The van der Waals surface area contributed by atoms with Crippen molar-refractivity contribution in [2.24, 2.45) is 17.2 Å². The second kappa shape index (κ2) is 10.2. The lowest BCUT2D eigenvalue weighted by Crippen LogP contribution is -2.35. The van der Waals surface area contributed by atoms with Gasteiger partial charge in [-0.2, -0.15) is 0 Å². The standard InChI is InChI=1S/C11H14N2O3.CH4N2O/c12-10(14)13-11(15)16-8-4-7-9-5-2-1-3-6-9;2-1(3)4/h1-3,5-6H,4,7-8H2,(H3,12,13,14,15);(H4,2,3,4). The van der Waals surface area contributed by atoms with Gasteiger partial charge in [0, 0.05) is 0 Å². The van der Waals surface area contributed by atoms with Crippen LogP contribution in [0.1, 0.15) is 12.0 Å². The van der Waals surface area contributed by atoms with Crippen LogP contribution in [0.4, 0.5) is 14.4 Å². The van der Waals surface area contributed by atoms with Crippen molar-refractivity contribution in [2.45, 2.75) is 12.8 Å². The third-order valence-electron chi connectivity index (χ3n) is 1.91. The molecule has 0 aliphatic heterocycles. The number of hydrogen-bond acceptors (Lipinski definition) is 4. The highest BCUT2D eigenvalue weighted by Gasteiger charge is 2.03. The maximum atomic E-state index is 10.8. The highest BCUT2D eigenvalue weighted by Crippen LogP contribution is 2.02. The zero-order valence-corrected chi connectivity index (χ0v) is 10.9. The molecule has 1 aromatic carbocycles. The molecule has 0 radical (unpaired) electrons. The van der Waals surface area contributed by atoms with E-state index in [-0.39, 0.29) is 6.61 Å². The molecule has 0 aromatic heterocycles. The number of carbonyl (C=O) groups is 3. The first-order valence-electron chi connectivity index (χ1n) is 5.74. The van der Waals surface area contributed by atoms with E-state index in [0.29, 0.717) is 6.42 Å². The van der Waals surface area contributed by atoms with Crippen molar-refractivity contribution in [1.29, 1.82) is 0 Å². The first kappa shape index (κ1) is 17.2. The van der Waals surface area contributed by atoms with Crippen molar-refractivity contribution in [3.63, 3.8) is 0 Å². The molecule has 0 heterocycles. The van der Waals surface area contributed by atoms with E-state index in [1.54, 1.807) is 0 Å². The van der Waals surface area contributed by atoms with Gasteiger partial charge in [0.2, 0.25) is 0 Å². The van der Waals surface area contributed by atoms with E-state index < -0.39 is 18.2 Å². The van der Waals surface area contributed by atoms with Crippen LogP contribution in [0.2, 0.25) is 0 Å². The summed E-state index contributed by atoms with van der Waals surface area (Å²) in [5, 5.41) is 1.82. The van der Waals surface area contributed by atoms with Crippen molar-refractivity contribution in [3.8, 4) is 0 Å². The fraction of sp³-hybridized carbons (Fsp3) is 0.250. The summed E-state index contributed by atoms with van der Waals surface area (Å²) in [5.74, 6) is 0. The van der Waals surface area contributed by atoms with Crippen molar-refractivity contribution < 1.29 is 19.1 Å². The number of ether oxygens (including phenoxy) is 1. The molecule has 0 saturated carbocycles. The zero-order chi connectivity index (χ0) is 15.4. The number of carbonyl (C=O) groups excluding carboxylic acids is 3. The van der Waals surface area contributed by atoms with Crippen LogP contribution in [0.3, 0.4) is 0 Å². The molecule has 0 atom stereocenters. The van der Waals surface area contributed by atoms with Gasteiger partial charge in [-0.05, 0) is 18.4 Å². The van der Waals surface area contributed by atoms with E-state index in [4.69, 9.17) is 15.3 Å². The summed E-state index contributed by atoms with van der Waals surface area (Å²) in [4.78, 5) is 30.1. The summed E-state index contributed by atoms with van der Waals surface area (Å²) in [6.45, 7) is 0.258. The van der Waals surface area contributed by atoms with Crippen molar-refractivity contribution >= 4 is 18.2 Å². The summed E-state index contributed by atoms with van der Waals surface area (Å²) < 4.78 is 4.72. The molecule has 5 amide bonds. The van der Waals surface area contributed by atoms with Gasteiger partial charge in [0.25, 0.3) is 0 Å². The van der Waals surface area contributed by atoms with Crippen LogP contribution in [0.5, 0.6) is 0 Å². The summed E-state index contributed by atoms with van der Waals surface area (Å²) in [5.41, 5.74) is 14.4. The molecule has 1 rings (SSSR count). The Bertz CT molecular complexity index is 432. The number of nitrogens with two attached hydrogens (primary N) is 3. The molecular weight excluding hydrogens is 264 g/mol. The molecule has 0 saturated heterocycles. The summed E-state index contributed by atoms with van der Waals surface area (Å²) in [6, 6.07) is 8.12. The minimum absolute atomic E-state index is 0.258. The first-order valence-corrected chi connectivity index (χ1v) is 5.74. The Morgan fingerprint density at radius 2 is 1.60 bits per heavy atom. The molecule has 7 N–H and O–H groups in total. The van der Waals surface area contributed by atoms with E-state index >= 15 is 0 Å². The van der Waals surface area contributed by atoms with Gasteiger partial charge in [0.15, 0.2) is 0 Å². The highest BCUT2D eigenvalue weighted by molar-refractivity contribution is 5.89. The Hall–Kier alpha value is -2.77. The van der Waals surface area contributed by atoms with Gasteiger partial charge in [0.05, 0.1) is 6.61 Å². The minimum Gasteiger partial charge on any atom is -0.449 e. The molecule has 0 fully saturated rings. The van der Waals surface area contributed by atoms with Crippen LogP contribution in [0.15, 0.2) is 30.3 Å². The predicted octanol–water partition coefficient (Wildman–Crippen LogP) is 0.448. The number of hydrogen-bond donors (Lipinski definition) is 4. The number of urea groups is 2. The Morgan fingerprint density at radius 1 is 1.05 bits per heavy atom. The number of alkyl carbamates (subject to hydrolysis) is 1. The number of primary amides is 3. The predicted molar refractivity (Wildman–Crippen MR) is 72.6 cm³/mol. The van der Waals surface area contributed by atoms with Crippen molar-refractivity contribution in [3.05, 3.63) is 35.9 Å². The summed E-state index contributed by atoms with van der Waals surface area (Å²) >= 11 is 0. The van der Waals surface area contributed by atoms with E-state index in [0.717, 1.165) is 6.42 Å². The Balaban J connectivity index is 0.000000796. The van der Waals surface area contributed by atoms with Gasteiger partial charge < -0.3 is 21.9 Å². The van der Waals surface area contributed by atoms with Crippen LogP contribution in [0, 0.1) is 0 Å². The average molecular weight is 282 g/mol. The molecule has 0 unspecified atom stereocenters. The maximum Gasteiger partial charge on any atom is 0.415 e. The normalized spacial score (nSPS) is 8.80. The van der Waals surface area contributed by atoms with E-state index in [1.165, 1.54) is 5.56 Å². The second-order valence-electron chi connectivity index (χ2n) is 3.62. The van der Waals surface area contributed by atoms with Gasteiger partial charge in [-0.1, -0.05) is 30.3 Å². The van der Waals surface area contributed by atoms with Crippen LogP contribution in [0.25, 0.3) is 0 Å². The third kappa shape index (κ3) is 11.7. The lowest BCUT2D eigenvalue weighted by molar-refractivity contribution is 0.146. The molecule has 1 aromatic rings. The maximum absolute atomic E-state index is 10.8. The number of imide groups is 1. The third-order valence-corrected chi connectivity index (χ3v) is 1.91. The van der Waals surface area contributed by atoms with Crippen LogP contribution in [-0.4, -0.2) is 24.8 Å². The van der Waals surface area contributed by atoms with E-state index in [1.807, 2.05) is 35.6 Å². The smallest absolute Gasteiger partial charge is 0.415 e. The number of amides is 5. The molecule has 20 heavy (non-hydrogen) atoms. The SMILES string of the molecule is NC(=O)NC(=O)OCCCc1ccccc1.NC(N)=O. The van der Waals surface area contributed by atoms with E-state index in [9.17, 15) is 9.59 Å². The van der Waals surface area contributed by atoms with Crippen molar-refractivity contribution in [2.75, 3.05) is 6.61 Å². The Morgan fingerprint density at radius 3 is 2.10 bits per heavy atom. The molecule has 0 aliphatic rings. The molecule has 0 spiro atoms. The molecule has 8 heteroatoms. The lowest BCUT2D eigenvalue weighted by atomic mass is 10.1. The second-order valence-corrected chi connectivity index (χ2v) is 3.62. The molecular formula is C12H18N4O4. The minimum atomic E-state index is -0.909. The first-order chi connectivity index (χ1) is 9.41. The lowest BCUT2D eigenvalue weighted by Gasteiger charge is -2.04. The monoisotopic (exact) mass is 282 g/mol. The van der Waals surface area contributed by atoms with Gasteiger partial charge in [-0.15, -0.1) is 0 Å². The largest absolute Gasteiger partial charge is 0.449 e. The number of aryl methyl sites for hydroxylation is 1. The summed E-state index contributed by atoms with van der Waals surface area (Å²) in [6.07, 6.45) is 0.724. The topological polar surface area (TPSA) is 151 Å². The number of benzene rings is 1. The Labute approximate surface area is 116 Å². The fourth-order valence-corrected chi connectivity index (χ4v) is 1.22. The fourth-order valence-electron chi connectivity index (χ4n) is 1.22. The average Bonchev–Trinajstić information content (AvgIpc) is 2.34. The van der Waals surface area contributed by atoms with Crippen LogP contribution < -0.4 is 22.5 Å². The molecule has 110 valence electrons. The van der Waals surface area contributed by atoms with E-state index in [2.05, 4.69) is 11.5 Å². The summed E-state index contributed by atoms with van der Waals surface area (Å²) in [7, 11) is 0. The number of rotatable bonds is 4. The number of nitrogens with one attached hydrogen (secondary N) is 1. The zero-order valence-electron chi connectivity index (χ0n) is 10.9. The van der Waals surface area contributed by atoms with Crippen LogP contribution >= 0.6 is 0 Å².